The molecule has 1 aromatic rings. The molecule has 4 rings (SSSR count). The number of allylic oxidation sites excluding steroid dienone is 2. The van der Waals surface area contributed by atoms with Crippen LogP contribution < -0.4 is 14.8 Å². The smallest absolute Gasteiger partial charge is 0.283 e. The zero-order valence-electron chi connectivity index (χ0n) is 20.9. The maximum absolute atomic E-state index is 14.4. The number of alkyl halides is 3. The van der Waals surface area contributed by atoms with Gasteiger partial charge in [-0.15, -0.1) is 0 Å². The zero-order valence-corrected chi connectivity index (χ0v) is 20.9. The Morgan fingerprint density at radius 3 is 2.69 bits per heavy atom. The van der Waals surface area contributed by atoms with Crippen LogP contribution in [0, 0.1) is 0 Å². The molecule has 10 heteroatoms. The molecule has 7 nitrogen and oxygen atoms in total. The van der Waals surface area contributed by atoms with Gasteiger partial charge in [-0.1, -0.05) is 12.7 Å². The first-order chi connectivity index (χ1) is 17.2. The van der Waals surface area contributed by atoms with Crippen LogP contribution in [0.25, 0.3) is 0 Å². The average molecular weight is 509 g/mol. The van der Waals surface area contributed by atoms with E-state index in [0.29, 0.717) is 30.0 Å². The van der Waals surface area contributed by atoms with Crippen LogP contribution in [-0.2, 0) is 6.42 Å². The number of nitrogens with zero attached hydrogens (tertiary/aromatic N) is 3. The molecule has 36 heavy (non-hydrogen) atoms. The molecule has 0 bridgehead atoms. The van der Waals surface area contributed by atoms with Gasteiger partial charge >= 0.3 is 0 Å². The predicted octanol–water partition coefficient (Wildman–Crippen LogP) is 3.45. The Hall–Kier alpha value is -2.56. The Labute approximate surface area is 210 Å². The van der Waals surface area contributed by atoms with Crippen molar-refractivity contribution in [2.75, 3.05) is 46.3 Å². The minimum absolute atomic E-state index is 0.118. The highest BCUT2D eigenvalue weighted by Gasteiger charge is 2.41. The molecule has 0 radical (unpaired) electrons. The second-order valence-electron chi connectivity index (χ2n) is 9.68. The fourth-order valence-corrected chi connectivity index (χ4v) is 5.02. The molecule has 3 aliphatic rings. The summed E-state index contributed by atoms with van der Waals surface area (Å²) < 4.78 is 52.2. The molecular weight excluding hydrogens is 473 g/mol. The number of aliphatic hydroxyl groups excluding tert-OH is 1. The van der Waals surface area contributed by atoms with Crippen molar-refractivity contribution in [1.82, 2.24) is 15.1 Å². The van der Waals surface area contributed by atoms with Crippen molar-refractivity contribution in [2.24, 2.45) is 4.99 Å². The molecule has 0 aliphatic carbocycles. The van der Waals surface area contributed by atoms with E-state index in [4.69, 9.17) is 9.47 Å². The predicted molar refractivity (Wildman–Crippen MR) is 133 cm³/mol. The van der Waals surface area contributed by atoms with E-state index in [0.717, 1.165) is 36.5 Å². The van der Waals surface area contributed by atoms with Crippen molar-refractivity contribution >= 4 is 6.21 Å². The molecule has 2 N–H and O–H groups in total. The van der Waals surface area contributed by atoms with Gasteiger partial charge < -0.3 is 19.9 Å². The number of hydrogen-bond donors (Lipinski definition) is 2. The summed E-state index contributed by atoms with van der Waals surface area (Å²) in [5, 5.41) is 12.7. The van der Waals surface area contributed by atoms with E-state index < -0.39 is 25.1 Å². The van der Waals surface area contributed by atoms with Gasteiger partial charge in [0.15, 0.2) is 11.5 Å². The second kappa shape index (κ2) is 11.2. The van der Waals surface area contributed by atoms with Crippen molar-refractivity contribution in [2.45, 2.75) is 50.7 Å². The standard InChI is InChI=1S/C26H35F3N4O3/c1-4-20(31-21-12-32(13-21)7-5-6-27)11-30-18(3)25-22-10-24-23(35-16-36-24)9-19(22)8-17(2)33(25)14-26(28,29)15-34/h4,9-11,17,21,25,31,34H,3,5-8,12-16H2,1-2H3/b20-4+,30-11?/t17-,25-/m1/s1. The summed E-state index contributed by atoms with van der Waals surface area (Å²) in [4.78, 5) is 8.43. The number of ether oxygens (including phenoxy) is 2. The van der Waals surface area contributed by atoms with Gasteiger partial charge in [-0.25, -0.2) is 8.78 Å². The number of halogens is 3. The van der Waals surface area contributed by atoms with Crippen LogP contribution in [0.5, 0.6) is 11.5 Å². The summed E-state index contributed by atoms with van der Waals surface area (Å²) >= 11 is 0. The van der Waals surface area contributed by atoms with Crippen molar-refractivity contribution < 1.29 is 27.8 Å². The van der Waals surface area contributed by atoms with Crippen LogP contribution in [0.2, 0.25) is 0 Å². The lowest BCUT2D eigenvalue weighted by atomic mass is 9.86. The highest BCUT2D eigenvalue weighted by atomic mass is 19.3. The number of rotatable bonds is 11. The van der Waals surface area contributed by atoms with E-state index in [1.165, 1.54) is 0 Å². The lowest BCUT2D eigenvalue weighted by Crippen LogP contribution is -2.57. The van der Waals surface area contributed by atoms with E-state index in [1.54, 1.807) is 11.1 Å². The zero-order chi connectivity index (χ0) is 25.9. The summed E-state index contributed by atoms with van der Waals surface area (Å²) in [5.74, 6) is -2.06. The molecule has 198 valence electrons. The maximum Gasteiger partial charge on any atom is 0.283 e. The quantitative estimate of drug-likeness (QED) is 0.447. The SMILES string of the molecule is C=C(N=C/C(=C\C)NC1CN(CCCF)C1)[C@@H]1c2cc3c(cc2C[C@@H](C)N1CC(F)(F)CO)OCO3. The van der Waals surface area contributed by atoms with Gasteiger partial charge in [-0.05, 0) is 49.9 Å². The molecule has 0 spiro atoms. The number of fused-ring (bicyclic) bond motifs is 2. The average Bonchev–Trinajstić information content (AvgIpc) is 3.28. The number of hydrogen-bond acceptors (Lipinski definition) is 7. The van der Waals surface area contributed by atoms with Crippen LogP contribution >= 0.6 is 0 Å². The highest BCUT2D eigenvalue weighted by Crippen LogP contribution is 2.45. The van der Waals surface area contributed by atoms with Gasteiger partial charge in [0.25, 0.3) is 5.92 Å². The van der Waals surface area contributed by atoms with Crippen molar-refractivity contribution in [3.8, 4) is 11.5 Å². The third kappa shape index (κ3) is 5.87. The molecule has 2 atom stereocenters. The van der Waals surface area contributed by atoms with Crippen LogP contribution in [0.15, 0.2) is 41.2 Å². The third-order valence-electron chi connectivity index (χ3n) is 6.92. The minimum atomic E-state index is -3.27. The van der Waals surface area contributed by atoms with Crippen LogP contribution in [0.1, 0.15) is 37.4 Å². The Morgan fingerprint density at radius 1 is 1.31 bits per heavy atom. The largest absolute Gasteiger partial charge is 0.454 e. The third-order valence-corrected chi connectivity index (χ3v) is 6.92. The van der Waals surface area contributed by atoms with E-state index >= 15 is 0 Å². The molecule has 3 heterocycles. The molecule has 0 amide bonds. The minimum Gasteiger partial charge on any atom is -0.454 e. The topological polar surface area (TPSA) is 69.6 Å². The lowest BCUT2D eigenvalue weighted by molar-refractivity contribution is -0.0866. The monoisotopic (exact) mass is 508 g/mol. The second-order valence-corrected chi connectivity index (χ2v) is 9.68. The van der Waals surface area contributed by atoms with Crippen LogP contribution in [0.4, 0.5) is 13.2 Å². The Morgan fingerprint density at radius 2 is 2.03 bits per heavy atom. The molecule has 1 saturated heterocycles. The highest BCUT2D eigenvalue weighted by molar-refractivity contribution is 5.78. The summed E-state index contributed by atoms with van der Waals surface area (Å²) in [7, 11) is 0. The van der Waals surface area contributed by atoms with Crippen LogP contribution in [-0.4, -0.2) is 85.4 Å². The molecule has 0 saturated carbocycles. The molecule has 1 fully saturated rings. The van der Waals surface area contributed by atoms with Gasteiger partial charge in [0.2, 0.25) is 6.79 Å². The first kappa shape index (κ1) is 26.5. The number of nitrogens with one attached hydrogen (secondary N) is 1. The summed E-state index contributed by atoms with van der Waals surface area (Å²) in [6.07, 6.45) is 4.65. The van der Waals surface area contributed by atoms with Gasteiger partial charge in [0.05, 0.1) is 31.0 Å². The van der Waals surface area contributed by atoms with Gasteiger partial charge in [-0.3, -0.25) is 19.2 Å². The number of aliphatic hydroxyl groups is 1. The molecule has 0 aromatic heterocycles. The normalized spacial score (nSPS) is 23.1. The summed E-state index contributed by atoms with van der Waals surface area (Å²) in [6, 6.07) is 3.12. The maximum atomic E-state index is 14.4. The molecule has 1 aromatic carbocycles. The number of benzene rings is 1. The molecular formula is C26H35F3N4O3. The van der Waals surface area contributed by atoms with Gasteiger partial charge in [0, 0.05) is 37.6 Å². The van der Waals surface area contributed by atoms with Gasteiger partial charge in [0.1, 0.15) is 6.61 Å². The van der Waals surface area contributed by atoms with E-state index in [9.17, 15) is 18.3 Å². The van der Waals surface area contributed by atoms with E-state index in [2.05, 4.69) is 21.8 Å². The Bertz CT molecular complexity index is 1010. The Balaban J connectivity index is 1.53. The van der Waals surface area contributed by atoms with Gasteiger partial charge in [-0.2, -0.15) is 0 Å². The fourth-order valence-electron chi connectivity index (χ4n) is 5.02. The van der Waals surface area contributed by atoms with Crippen molar-refractivity contribution in [3.63, 3.8) is 0 Å². The first-order valence-corrected chi connectivity index (χ1v) is 12.4. The lowest BCUT2D eigenvalue weighted by Gasteiger charge is -2.43. The molecule has 3 aliphatic heterocycles. The molecule has 0 unspecified atom stereocenters. The number of likely N-dealkylation sites (tertiary alicyclic amines) is 1. The van der Waals surface area contributed by atoms with E-state index in [-0.39, 0.29) is 25.6 Å². The summed E-state index contributed by atoms with van der Waals surface area (Å²) in [5.41, 5.74) is 2.98. The van der Waals surface area contributed by atoms with Crippen molar-refractivity contribution in [3.05, 3.63) is 47.3 Å². The Kier molecular flexibility index (Phi) is 8.27. The van der Waals surface area contributed by atoms with Crippen LogP contribution in [0.3, 0.4) is 0 Å². The number of aliphatic imine (C=N–C) groups is 1. The van der Waals surface area contributed by atoms with Crippen molar-refractivity contribution in [1.29, 1.82) is 0 Å². The summed E-state index contributed by atoms with van der Waals surface area (Å²) in [6.45, 7) is 8.30. The fraction of sp³-hybridized carbons (Fsp3) is 0.577. The van der Waals surface area contributed by atoms with E-state index in [1.807, 2.05) is 32.1 Å². The first-order valence-electron chi connectivity index (χ1n) is 12.4.